The van der Waals surface area contributed by atoms with Crippen molar-refractivity contribution in [3.05, 3.63) is 82.4 Å². The Bertz CT molecular complexity index is 732. The molecule has 88 valence electrons. The van der Waals surface area contributed by atoms with Crippen LogP contribution >= 0.6 is 0 Å². The zero-order chi connectivity index (χ0) is 12.4. The summed E-state index contributed by atoms with van der Waals surface area (Å²) in [7, 11) is 0. The molecule has 2 heterocycles. The van der Waals surface area contributed by atoms with Crippen molar-refractivity contribution < 1.29 is 0 Å². The Kier molecular flexibility index (Phi) is 2.65. The number of aromatic nitrogens is 2. The van der Waals surface area contributed by atoms with Crippen molar-refractivity contribution in [1.82, 2.24) is 9.38 Å². The van der Waals surface area contributed by atoms with E-state index in [0.717, 1.165) is 11.3 Å². The Balaban J connectivity index is 2.06. The molecule has 3 aromatic rings. The van der Waals surface area contributed by atoms with Crippen molar-refractivity contribution in [1.29, 1.82) is 0 Å². The van der Waals surface area contributed by atoms with Crippen LogP contribution < -0.4 is 5.56 Å². The average molecular weight is 236 g/mol. The van der Waals surface area contributed by atoms with Gasteiger partial charge in [-0.25, -0.2) is 4.98 Å². The molecule has 0 aliphatic rings. The fourth-order valence-corrected chi connectivity index (χ4v) is 2.00. The van der Waals surface area contributed by atoms with Crippen molar-refractivity contribution in [2.75, 3.05) is 0 Å². The lowest BCUT2D eigenvalue weighted by Gasteiger charge is -2.03. The maximum absolute atomic E-state index is 11.9. The zero-order valence-electron chi connectivity index (χ0n) is 9.78. The molecule has 0 fully saturated rings. The largest absolute Gasteiger partial charge is 0.269 e. The van der Waals surface area contributed by atoms with Crippen LogP contribution in [0.25, 0.3) is 5.65 Å². The quantitative estimate of drug-likeness (QED) is 0.684. The monoisotopic (exact) mass is 236 g/mol. The Labute approximate surface area is 104 Å². The van der Waals surface area contributed by atoms with Crippen LogP contribution in [-0.4, -0.2) is 9.38 Å². The van der Waals surface area contributed by atoms with E-state index in [1.54, 1.807) is 16.7 Å². The molecule has 0 radical (unpaired) electrons. The van der Waals surface area contributed by atoms with Gasteiger partial charge in [0.1, 0.15) is 5.65 Å². The van der Waals surface area contributed by atoms with E-state index >= 15 is 0 Å². The van der Waals surface area contributed by atoms with Gasteiger partial charge < -0.3 is 0 Å². The van der Waals surface area contributed by atoms with E-state index in [0.29, 0.717) is 12.1 Å². The topological polar surface area (TPSA) is 34.4 Å². The van der Waals surface area contributed by atoms with Gasteiger partial charge >= 0.3 is 0 Å². The molecular weight excluding hydrogens is 224 g/mol. The summed E-state index contributed by atoms with van der Waals surface area (Å²) in [6.45, 7) is 0. The van der Waals surface area contributed by atoms with E-state index in [4.69, 9.17) is 0 Å². The van der Waals surface area contributed by atoms with Crippen LogP contribution in [0.5, 0.6) is 0 Å². The average Bonchev–Trinajstić information content (AvgIpc) is 2.40. The molecule has 0 unspecified atom stereocenters. The second-order valence-corrected chi connectivity index (χ2v) is 4.18. The molecule has 3 heteroatoms. The summed E-state index contributed by atoms with van der Waals surface area (Å²) in [5.74, 6) is 0. The molecule has 1 aromatic carbocycles. The Morgan fingerprint density at radius 3 is 2.61 bits per heavy atom. The highest BCUT2D eigenvalue weighted by Crippen LogP contribution is 2.06. The Hall–Kier alpha value is -2.42. The van der Waals surface area contributed by atoms with E-state index in [1.165, 1.54) is 0 Å². The molecular formula is C15H12N2O. The minimum absolute atomic E-state index is 0.0356. The molecule has 0 amide bonds. The summed E-state index contributed by atoms with van der Waals surface area (Å²) >= 11 is 0. The molecule has 0 aliphatic carbocycles. The van der Waals surface area contributed by atoms with Crippen LogP contribution in [0.2, 0.25) is 0 Å². The third kappa shape index (κ3) is 2.02. The van der Waals surface area contributed by atoms with Gasteiger partial charge in [-0.15, -0.1) is 0 Å². The molecule has 0 saturated carbocycles. The van der Waals surface area contributed by atoms with Gasteiger partial charge in [-0.3, -0.25) is 9.20 Å². The molecule has 3 nitrogen and oxygen atoms in total. The maximum atomic E-state index is 11.9. The van der Waals surface area contributed by atoms with Crippen molar-refractivity contribution in [3.8, 4) is 0 Å². The van der Waals surface area contributed by atoms with E-state index in [9.17, 15) is 4.79 Å². The van der Waals surface area contributed by atoms with Gasteiger partial charge in [0.15, 0.2) is 0 Å². The number of pyridine rings is 1. The molecule has 0 aliphatic heterocycles. The fraction of sp³-hybridized carbons (Fsp3) is 0.0667. The summed E-state index contributed by atoms with van der Waals surface area (Å²) in [5, 5.41) is 0. The predicted molar refractivity (Wildman–Crippen MR) is 70.7 cm³/mol. The Morgan fingerprint density at radius 1 is 1.00 bits per heavy atom. The number of rotatable bonds is 2. The molecule has 0 saturated heterocycles. The Morgan fingerprint density at radius 2 is 1.78 bits per heavy atom. The first-order chi connectivity index (χ1) is 8.83. The standard InChI is InChI=1S/C15H12N2O/c18-15-11-13(10-12-6-2-1-3-7-12)16-14-8-4-5-9-17(14)15/h1-9,11H,10H2. The first-order valence-corrected chi connectivity index (χ1v) is 5.84. The normalized spacial score (nSPS) is 10.7. The molecule has 0 spiro atoms. The van der Waals surface area contributed by atoms with Gasteiger partial charge in [-0.05, 0) is 17.7 Å². The highest BCUT2D eigenvalue weighted by atomic mass is 16.1. The highest BCUT2D eigenvalue weighted by molar-refractivity contribution is 5.38. The van der Waals surface area contributed by atoms with Crippen LogP contribution in [0.4, 0.5) is 0 Å². The lowest BCUT2D eigenvalue weighted by molar-refractivity contribution is 0.983. The minimum Gasteiger partial charge on any atom is -0.269 e. The first-order valence-electron chi connectivity index (χ1n) is 5.84. The van der Waals surface area contributed by atoms with Crippen molar-refractivity contribution in [3.63, 3.8) is 0 Å². The number of hydrogen-bond acceptors (Lipinski definition) is 2. The summed E-state index contributed by atoms with van der Waals surface area (Å²) in [5.41, 5.74) is 2.62. The number of hydrogen-bond donors (Lipinski definition) is 0. The SMILES string of the molecule is O=c1cc(Cc2ccccc2)nc2ccccn12. The van der Waals surface area contributed by atoms with Crippen molar-refractivity contribution in [2.45, 2.75) is 6.42 Å². The summed E-state index contributed by atoms with van der Waals surface area (Å²) in [4.78, 5) is 16.4. The summed E-state index contributed by atoms with van der Waals surface area (Å²) in [6, 6.07) is 17.2. The van der Waals surface area contributed by atoms with Gasteiger partial charge in [0, 0.05) is 18.7 Å². The van der Waals surface area contributed by atoms with Crippen LogP contribution in [-0.2, 0) is 6.42 Å². The summed E-state index contributed by atoms with van der Waals surface area (Å²) < 4.78 is 1.55. The van der Waals surface area contributed by atoms with Gasteiger partial charge in [-0.1, -0.05) is 36.4 Å². The second kappa shape index (κ2) is 4.45. The molecule has 0 atom stereocenters. The van der Waals surface area contributed by atoms with Crippen LogP contribution in [0.15, 0.2) is 65.6 Å². The van der Waals surface area contributed by atoms with Gasteiger partial charge in [0.05, 0.1) is 5.69 Å². The molecule has 18 heavy (non-hydrogen) atoms. The predicted octanol–water partition coefficient (Wildman–Crippen LogP) is 2.29. The van der Waals surface area contributed by atoms with Crippen molar-refractivity contribution in [2.24, 2.45) is 0 Å². The van der Waals surface area contributed by atoms with E-state index in [1.807, 2.05) is 48.5 Å². The summed E-state index contributed by atoms with van der Waals surface area (Å²) in [6.07, 6.45) is 2.42. The van der Waals surface area contributed by atoms with Crippen LogP contribution in [0.3, 0.4) is 0 Å². The van der Waals surface area contributed by atoms with Gasteiger partial charge in [0.25, 0.3) is 5.56 Å². The number of fused-ring (bicyclic) bond motifs is 1. The molecule has 0 N–H and O–H groups in total. The molecule has 3 rings (SSSR count). The van der Waals surface area contributed by atoms with Gasteiger partial charge in [-0.2, -0.15) is 0 Å². The van der Waals surface area contributed by atoms with E-state index in [-0.39, 0.29) is 5.56 Å². The maximum Gasteiger partial charge on any atom is 0.258 e. The zero-order valence-corrected chi connectivity index (χ0v) is 9.78. The second-order valence-electron chi connectivity index (χ2n) is 4.18. The fourth-order valence-electron chi connectivity index (χ4n) is 2.00. The first kappa shape index (κ1) is 10.7. The smallest absolute Gasteiger partial charge is 0.258 e. The lowest BCUT2D eigenvalue weighted by Crippen LogP contribution is -2.15. The number of benzene rings is 1. The van der Waals surface area contributed by atoms with Crippen molar-refractivity contribution >= 4 is 5.65 Å². The minimum atomic E-state index is -0.0356. The van der Waals surface area contributed by atoms with E-state index in [2.05, 4.69) is 4.98 Å². The lowest BCUT2D eigenvalue weighted by atomic mass is 10.1. The number of nitrogens with zero attached hydrogens (tertiary/aromatic N) is 2. The highest BCUT2D eigenvalue weighted by Gasteiger charge is 2.02. The third-order valence-corrected chi connectivity index (χ3v) is 2.85. The van der Waals surface area contributed by atoms with Crippen LogP contribution in [0.1, 0.15) is 11.3 Å². The van der Waals surface area contributed by atoms with Crippen LogP contribution in [0, 0.1) is 0 Å². The van der Waals surface area contributed by atoms with E-state index < -0.39 is 0 Å². The third-order valence-electron chi connectivity index (χ3n) is 2.85. The molecule has 0 bridgehead atoms. The van der Waals surface area contributed by atoms with Gasteiger partial charge in [0.2, 0.25) is 0 Å². The molecule has 2 aromatic heterocycles.